The van der Waals surface area contributed by atoms with Gasteiger partial charge in [0, 0.05) is 28.0 Å². The summed E-state index contributed by atoms with van der Waals surface area (Å²) in [7, 11) is 1.71. The summed E-state index contributed by atoms with van der Waals surface area (Å²) in [6.07, 6.45) is 6.79. The summed E-state index contributed by atoms with van der Waals surface area (Å²) in [4.78, 5) is 6.90. The lowest BCUT2D eigenvalue weighted by molar-refractivity contribution is 0.282. The van der Waals surface area contributed by atoms with Gasteiger partial charge in [-0.1, -0.05) is 30.0 Å². The van der Waals surface area contributed by atoms with Crippen molar-refractivity contribution in [2.24, 2.45) is 4.99 Å². The number of rotatable bonds is 3. The standard InChI is InChI=1S/C15H13NOS/c1-17-11-7-8-14-13(9-11)15(10-16-14)18-12-5-3-2-4-6-12/h2-8,10H,9H2,1H3. The Hall–Kier alpha value is -1.74. The van der Waals surface area contributed by atoms with Crippen LogP contribution in [0.25, 0.3) is 0 Å². The number of allylic oxidation sites excluding steroid dienone is 5. The van der Waals surface area contributed by atoms with Gasteiger partial charge in [0.25, 0.3) is 0 Å². The summed E-state index contributed by atoms with van der Waals surface area (Å²) in [5.74, 6) is 0.991. The molecule has 0 radical (unpaired) electrons. The van der Waals surface area contributed by atoms with Crippen LogP contribution in [-0.2, 0) is 4.74 Å². The number of benzene rings is 1. The van der Waals surface area contributed by atoms with E-state index < -0.39 is 0 Å². The van der Waals surface area contributed by atoms with Gasteiger partial charge in [-0.05, 0) is 24.3 Å². The van der Waals surface area contributed by atoms with E-state index in [0.29, 0.717) is 0 Å². The van der Waals surface area contributed by atoms with E-state index in [4.69, 9.17) is 4.74 Å². The molecule has 18 heavy (non-hydrogen) atoms. The Morgan fingerprint density at radius 3 is 2.78 bits per heavy atom. The molecule has 0 N–H and O–H groups in total. The van der Waals surface area contributed by atoms with Gasteiger partial charge in [0.1, 0.15) is 5.76 Å². The molecule has 1 aromatic carbocycles. The van der Waals surface area contributed by atoms with Crippen molar-refractivity contribution < 1.29 is 4.74 Å². The predicted molar refractivity (Wildman–Crippen MR) is 75.6 cm³/mol. The summed E-state index contributed by atoms with van der Waals surface area (Å²) in [6, 6.07) is 10.4. The highest BCUT2D eigenvalue weighted by Crippen LogP contribution is 2.38. The third-order valence-electron chi connectivity index (χ3n) is 2.94. The topological polar surface area (TPSA) is 21.6 Å². The van der Waals surface area contributed by atoms with Crippen LogP contribution in [0.5, 0.6) is 0 Å². The monoisotopic (exact) mass is 255 g/mol. The number of hydrogen-bond donors (Lipinski definition) is 0. The van der Waals surface area contributed by atoms with Crippen molar-refractivity contribution in [1.82, 2.24) is 0 Å². The minimum atomic E-state index is 0.831. The van der Waals surface area contributed by atoms with Crippen LogP contribution in [0.1, 0.15) is 6.42 Å². The molecule has 1 heterocycles. The number of thioether (sulfide) groups is 1. The molecule has 0 fully saturated rings. The molecule has 0 bridgehead atoms. The first-order valence-corrected chi connectivity index (χ1v) is 6.64. The van der Waals surface area contributed by atoms with Crippen LogP contribution in [0, 0.1) is 0 Å². The smallest absolute Gasteiger partial charge is 0.100 e. The third kappa shape index (κ3) is 2.14. The van der Waals surface area contributed by atoms with E-state index in [0.717, 1.165) is 17.9 Å². The van der Waals surface area contributed by atoms with E-state index in [1.165, 1.54) is 15.4 Å². The van der Waals surface area contributed by atoms with Crippen molar-refractivity contribution in [3.05, 3.63) is 64.4 Å². The van der Waals surface area contributed by atoms with Gasteiger partial charge in [0.05, 0.1) is 12.8 Å². The van der Waals surface area contributed by atoms with Crippen molar-refractivity contribution in [1.29, 1.82) is 0 Å². The third-order valence-corrected chi connectivity index (χ3v) is 4.02. The maximum Gasteiger partial charge on any atom is 0.100 e. The molecule has 1 aromatic rings. The van der Waals surface area contributed by atoms with E-state index in [1.807, 2.05) is 24.4 Å². The number of nitrogens with zero attached hydrogens (tertiary/aromatic N) is 1. The lowest BCUT2D eigenvalue weighted by Crippen LogP contribution is -1.97. The van der Waals surface area contributed by atoms with Crippen molar-refractivity contribution >= 4 is 18.0 Å². The maximum absolute atomic E-state index is 5.32. The molecule has 3 heteroatoms. The lowest BCUT2D eigenvalue weighted by Gasteiger charge is -2.13. The molecule has 0 aromatic heterocycles. The SMILES string of the molecule is COC1=CC=C2N=CC(Sc3ccccc3)=C2C1. The second-order valence-corrected chi connectivity index (χ2v) is 5.20. The Bertz CT molecular complexity index is 582. The van der Waals surface area contributed by atoms with E-state index in [1.54, 1.807) is 18.9 Å². The molecule has 1 aliphatic heterocycles. The van der Waals surface area contributed by atoms with Crippen molar-refractivity contribution in [2.75, 3.05) is 7.11 Å². The zero-order valence-electron chi connectivity index (χ0n) is 10.1. The average Bonchev–Trinajstić information content (AvgIpc) is 2.82. The zero-order valence-corrected chi connectivity index (χ0v) is 10.9. The summed E-state index contributed by atoms with van der Waals surface area (Å²) in [5.41, 5.74) is 2.33. The largest absolute Gasteiger partial charge is 0.501 e. The fourth-order valence-electron chi connectivity index (χ4n) is 1.98. The number of hydrogen-bond acceptors (Lipinski definition) is 3. The molecular weight excluding hydrogens is 242 g/mol. The number of aliphatic imine (C=N–C) groups is 1. The van der Waals surface area contributed by atoms with E-state index in [9.17, 15) is 0 Å². The molecule has 0 saturated heterocycles. The van der Waals surface area contributed by atoms with E-state index in [2.05, 4.69) is 29.3 Å². The average molecular weight is 255 g/mol. The van der Waals surface area contributed by atoms with Crippen LogP contribution in [-0.4, -0.2) is 13.3 Å². The van der Waals surface area contributed by atoms with Crippen LogP contribution >= 0.6 is 11.8 Å². The normalized spacial score (nSPS) is 17.4. The highest BCUT2D eigenvalue weighted by molar-refractivity contribution is 8.04. The molecule has 0 spiro atoms. The summed E-state index contributed by atoms with van der Waals surface area (Å²) in [6.45, 7) is 0. The van der Waals surface area contributed by atoms with E-state index in [-0.39, 0.29) is 0 Å². The van der Waals surface area contributed by atoms with Gasteiger partial charge in [-0.3, -0.25) is 4.99 Å². The van der Waals surface area contributed by atoms with Crippen molar-refractivity contribution in [2.45, 2.75) is 11.3 Å². The molecule has 2 aliphatic rings. The fraction of sp³-hybridized carbons (Fsp3) is 0.133. The molecular formula is C15H13NOS. The fourth-order valence-corrected chi connectivity index (χ4v) is 2.93. The highest BCUT2D eigenvalue weighted by Gasteiger charge is 2.20. The van der Waals surface area contributed by atoms with Crippen molar-refractivity contribution in [3.63, 3.8) is 0 Å². The molecule has 2 nitrogen and oxygen atoms in total. The van der Waals surface area contributed by atoms with Crippen LogP contribution < -0.4 is 0 Å². The molecule has 90 valence electrons. The lowest BCUT2D eigenvalue weighted by atomic mass is 10.0. The van der Waals surface area contributed by atoms with Gasteiger partial charge in [-0.15, -0.1) is 0 Å². The highest BCUT2D eigenvalue weighted by atomic mass is 32.2. The van der Waals surface area contributed by atoms with Crippen LogP contribution in [0.2, 0.25) is 0 Å². The van der Waals surface area contributed by atoms with Crippen molar-refractivity contribution in [3.8, 4) is 0 Å². The maximum atomic E-state index is 5.32. The minimum absolute atomic E-state index is 0.831. The second-order valence-electron chi connectivity index (χ2n) is 4.08. The first kappa shape index (κ1) is 11.4. The number of ether oxygens (including phenoxy) is 1. The van der Waals surface area contributed by atoms with Crippen LogP contribution in [0.15, 0.2) is 74.3 Å². The Morgan fingerprint density at radius 1 is 1.17 bits per heavy atom. The molecule has 1 aliphatic carbocycles. The quantitative estimate of drug-likeness (QED) is 0.816. The van der Waals surface area contributed by atoms with Crippen LogP contribution in [0.4, 0.5) is 0 Å². The first-order chi connectivity index (χ1) is 8.86. The van der Waals surface area contributed by atoms with Gasteiger partial charge >= 0.3 is 0 Å². The van der Waals surface area contributed by atoms with Gasteiger partial charge in [-0.2, -0.15) is 0 Å². The van der Waals surface area contributed by atoms with Gasteiger partial charge < -0.3 is 4.74 Å². The molecule has 0 amide bonds. The van der Waals surface area contributed by atoms with Gasteiger partial charge in [0.15, 0.2) is 0 Å². The predicted octanol–water partition coefficient (Wildman–Crippen LogP) is 3.94. The molecule has 0 unspecified atom stereocenters. The van der Waals surface area contributed by atoms with E-state index >= 15 is 0 Å². The zero-order chi connectivity index (χ0) is 12.4. The number of fused-ring (bicyclic) bond motifs is 1. The number of methoxy groups -OCH3 is 1. The Labute approximate surface area is 111 Å². The van der Waals surface area contributed by atoms with Gasteiger partial charge in [0.2, 0.25) is 0 Å². The molecule has 3 rings (SSSR count). The summed E-state index contributed by atoms with van der Waals surface area (Å²) >= 11 is 1.76. The molecule has 0 atom stereocenters. The summed E-state index contributed by atoms with van der Waals surface area (Å²) in [5, 5.41) is 0. The Balaban J connectivity index is 1.88. The van der Waals surface area contributed by atoms with Crippen LogP contribution in [0.3, 0.4) is 0 Å². The summed E-state index contributed by atoms with van der Waals surface area (Å²) < 4.78 is 5.32. The Morgan fingerprint density at radius 2 is 2.00 bits per heavy atom. The second kappa shape index (κ2) is 4.86. The van der Waals surface area contributed by atoms with Gasteiger partial charge in [-0.25, -0.2) is 0 Å². The first-order valence-electron chi connectivity index (χ1n) is 5.82. The Kier molecular flexibility index (Phi) is 3.07. The molecule has 0 saturated carbocycles. The minimum Gasteiger partial charge on any atom is -0.501 e.